The van der Waals surface area contributed by atoms with Gasteiger partial charge in [0.05, 0.1) is 11.6 Å². The minimum Gasteiger partial charge on any atom is -0.332 e. The number of aromatic nitrogens is 2. The van der Waals surface area contributed by atoms with Gasteiger partial charge < -0.3 is 10.6 Å². The van der Waals surface area contributed by atoms with E-state index in [0.29, 0.717) is 22.1 Å². The summed E-state index contributed by atoms with van der Waals surface area (Å²) in [6, 6.07) is 10.5. The van der Waals surface area contributed by atoms with Crippen LogP contribution in [0.15, 0.2) is 48.7 Å². The number of rotatable bonds is 4. The topological polar surface area (TPSA) is 41.9 Å². The third-order valence-electron chi connectivity index (χ3n) is 3.42. The summed E-state index contributed by atoms with van der Waals surface area (Å²) in [5, 5.41) is 10.4. The van der Waals surface area contributed by atoms with Crippen LogP contribution >= 0.6 is 35.4 Å². The zero-order chi connectivity index (χ0) is 18.7. The minimum atomic E-state index is -0.522. The molecule has 0 aliphatic rings. The van der Waals surface area contributed by atoms with Crippen LogP contribution in [0.5, 0.6) is 0 Å². The fraction of sp³-hybridized carbons (Fsp3) is 0.0588. The second-order valence-corrected chi connectivity index (χ2v) is 6.55. The lowest BCUT2D eigenvalue weighted by Gasteiger charge is -2.09. The lowest BCUT2D eigenvalue weighted by molar-refractivity contribution is 0.586. The van der Waals surface area contributed by atoms with Crippen LogP contribution in [0.1, 0.15) is 5.56 Å². The van der Waals surface area contributed by atoms with Crippen molar-refractivity contribution >= 4 is 52.0 Å². The maximum absolute atomic E-state index is 13.7. The van der Waals surface area contributed by atoms with Crippen LogP contribution in [0.3, 0.4) is 0 Å². The summed E-state index contributed by atoms with van der Waals surface area (Å²) in [6.45, 7) is 0.224. The van der Waals surface area contributed by atoms with Gasteiger partial charge in [-0.25, -0.2) is 8.78 Å². The smallest absolute Gasteiger partial charge is 0.176 e. The van der Waals surface area contributed by atoms with E-state index in [9.17, 15) is 8.78 Å². The molecule has 0 unspecified atom stereocenters. The molecule has 3 rings (SSSR count). The fourth-order valence-corrected chi connectivity index (χ4v) is 2.80. The van der Waals surface area contributed by atoms with Crippen LogP contribution in [0.2, 0.25) is 10.0 Å². The molecule has 2 aromatic carbocycles. The summed E-state index contributed by atoms with van der Waals surface area (Å²) >= 11 is 17.1. The van der Waals surface area contributed by atoms with Gasteiger partial charge in [0.15, 0.2) is 10.9 Å². The average molecular weight is 413 g/mol. The number of thiocarbonyl (C=S) groups is 1. The first-order valence-corrected chi connectivity index (χ1v) is 8.58. The summed E-state index contributed by atoms with van der Waals surface area (Å²) in [7, 11) is 0. The molecule has 26 heavy (non-hydrogen) atoms. The molecule has 2 N–H and O–H groups in total. The molecular weight excluding hydrogens is 401 g/mol. The van der Waals surface area contributed by atoms with E-state index in [-0.39, 0.29) is 22.5 Å². The Balaban J connectivity index is 1.68. The van der Waals surface area contributed by atoms with Crippen molar-refractivity contribution < 1.29 is 8.78 Å². The Bertz CT molecular complexity index is 962. The molecule has 0 saturated heterocycles. The number of halogens is 4. The highest BCUT2D eigenvalue weighted by Crippen LogP contribution is 2.22. The molecule has 134 valence electrons. The zero-order valence-corrected chi connectivity index (χ0v) is 15.5. The van der Waals surface area contributed by atoms with Gasteiger partial charge in [0.25, 0.3) is 0 Å². The molecule has 1 aromatic heterocycles. The molecule has 0 saturated carbocycles. The number of benzene rings is 2. The predicted molar refractivity (Wildman–Crippen MR) is 104 cm³/mol. The van der Waals surface area contributed by atoms with Crippen molar-refractivity contribution in [2.24, 2.45) is 0 Å². The number of hydrogen-bond donors (Lipinski definition) is 2. The Morgan fingerprint density at radius 1 is 1.04 bits per heavy atom. The Hall–Kier alpha value is -2.22. The van der Waals surface area contributed by atoms with Crippen molar-refractivity contribution in [3.63, 3.8) is 0 Å². The first-order chi connectivity index (χ1) is 12.4. The maximum atomic E-state index is 13.7. The number of anilines is 2. The Labute approximate surface area is 163 Å². The highest BCUT2D eigenvalue weighted by Gasteiger charge is 2.11. The molecule has 9 heteroatoms. The summed E-state index contributed by atoms with van der Waals surface area (Å²) < 4.78 is 28.4. The van der Waals surface area contributed by atoms with Gasteiger partial charge in [-0.2, -0.15) is 5.10 Å². The van der Waals surface area contributed by atoms with E-state index in [2.05, 4.69) is 15.7 Å². The van der Waals surface area contributed by atoms with Gasteiger partial charge in [-0.15, -0.1) is 0 Å². The van der Waals surface area contributed by atoms with E-state index in [0.717, 1.165) is 0 Å². The highest BCUT2D eigenvalue weighted by atomic mass is 35.5. The molecule has 0 amide bonds. The van der Waals surface area contributed by atoms with Gasteiger partial charge in [0, 0.05) is 17.4 Å². The van der Waals surface area contributed by atoms with Crippen LogP contribution in [0.4, 0.5) is 20.3 Å². The molecule has 3 aromatic rings. The predicted octanol–water partition coefficient (Wildman–Crippen LogP) is 5.33. The summed E-state index contributed by atoms with van der Waals surface area (Å²) in [5.74, 6) is -0.529. The first-order valence-electron chi connectivity index (χ1n) is 7.42. The Morgan fingerprint density at radius 3 is 2.54 bits per heavy atom. The number of hydrogen-bond acceptors (Lipinski definition) is 2. The third kappa shape index (κ3) is 4.49. The van der Waals surface area contributed by atoms with Crippen LogP contribution in [-0.4, -0.2) is 14.9 Å². The van der Waals surface area contributed by atoms with Crippen LogP contribution in [0.25, 0.3) is 0 Å². The van der Waals surface area contributed by atoms with E-state index < -0.39 is 5.82 Å². The Morgan fingerprint density at radius 2 is 1.81 bits per heavy atom. The molecule has 0 atom stereocenters. The number of nitrogens with zero attached hydrogens (tertiary/aromatic N) is 2. The molecule has 4 nitrogen and oxygen atoms in total. The molecule has 0 bridgehead atoms. The van der Waals surface area contributed by atoms with Crippen molar-refractivity contribution in [1.29, 1.82) is 0 Å². The SMILES string of the molecule is Fc1ccc(NC(=S)Nc2nn(Cc3ccccc3F)cc2Cl)cc1Cl. The molecular formula is C17H12Cl2F2N4S. The summed E-state index contributed by atoms with van der Waals surface area (Å²) in [4.78, 5) is 0. The third-order valence-corrected chi connectivity index (χ3v) is 4.19. The van der Waals surface area contributed by atoms with E-state index in [4.69, 9.17) is 35.4 Å². The second kappa shape index (κ2) is 7.99. The molecule has 0 radical (unpaired) electrons. The molecule has 0 fully saturated rings. The second-order valence-electron chi connectivity index (χ2n) is 5.32. The number of nitrogens with one attached hydrogen (secondary N) is 2. The van der Waals surface area contributed by atoms with Gasteiger partial charge >= 0.3 is 0 Å². The van der Waals surface area contributed by atoms with Gasteiger partial charge in [0.2, 0.25) is 0 Å². The monoisotopic (exact) mass is 412 g/mol. The minimum absolute atomic E-state index is 0.0231. The lowest BCUT2D eigenvalue weighted by Crippen LogP contribution is -2.19. The average Bonchev–Trinajstić information content (AvgIpc) is 2.92. The summed E-state index contributed by atoms with van der Waals surface area (Å²) in [5.41, 5.74) is 0.996. The summed E-state index contributed by atoms with van der Waals surface area (Å²) in [6.07, 6.45) is 1.56. The fourth-order valence-electron chi connectivity index (χ4n) is 2.21. The van der Waals surface area contributed by atoms with Crippen LogP contribution in [-0.2, 0) is 6.54 Å². The van der Waals surface area contributed by atoms with Crippen molar-refractivity contribution in [3.8, 4) is 0 Å². The zero-order valence-electron chi connectivity index (χ0n) is 13.1. The van der Waals surface area contributed by atoms with Gasteiger partial charge in [-0.3, -0.25) is 4.68 Å². The van der Waals surface area contributed by atoms with Crippen LogP contribution < -0.4 is 10.6 Å². The molecule has 0 spiro atoms. The van der Waals surface area contributed by atoms with Gasteiger partial charge in [-0.1, -0.05) is 41.4 Å². The molecule has 0 aliphatic carbocycles. The largest absolute Gasteiger partial charge is 0.332 e. The van der Waals surface area contributed by atoms with E-state index in [1.165, 1.54) is 28.9 Å². The lowest BCUT2D eigenvalue weighted by atomic mass is 10.2. The maximum Gasteiger partial charge on any atom is 0.176 e. The van der Waals surface area contributed by atoms with Crippen molar-refractivity contribution in [2.75, 3.05) is 10.6 Å². The van der Waals surface area contributed by atoms with Crippen molar-refractivity contribution in [1.82, 2.24) is 9.78 Å². The van der Waals surface area contributed by atoms with Crippen molar-refractivity contribution in [3.05, 3.63) is 75.9 Å². The standard InChI is InChI=1S/C17H12Cl2F2N4S/c18-12-7-11(5-6-15(12)21)22-17(26)23-16-13(19)9-25(24-16)8-10-3-1-2-4-14(10)20/h1-7,9H,8H2,(H2,22,23,24,26). The molecule has 1 heterocycles. The normalized spacial score (nSPS) is 10.6. The van der Waals surface area contributed by atoms with Crippen molar-refractivity contribution in [2.45, 2.75) is 6.54 Å². The van der Waals surface area contributed by atoms with E-state index >= 15 is 0 Å². The van der Waals surface area contributed by atoms with E-state index in [1.54, 1.807) is 24.4 Å². The first kappa shape index (κ1) is 18.6. The molecule has 0 aliphatic heterocycles. The van der Waals surface area contributed by atoms with Gasteiger partial charge in [-0.05, 0) is 36.5 Å². The Kier molecular flexibility index (Phi) is 5.70. The van der Waals surface area contributed by atoms with Crippen LogP contribution in [0, 0.1) is 11.6 Å². The van der Waals surface area contributed by atoms with Gasteiger partial charge in [0.1, 0.15) is 16.7 Å². The highest BCUT2D eigenvalue weighted by molar-refractivity contribution is 7.80. The quantitative estimate of drug-likeness (QED) is 0.568. The van der Waals surface area contributed by atoms with E-state index in [1.807, 2.05) is 0 Å².